The van der Waals surface area contributed by atoms with Crippen LogP contribution in [-0.2, 0) is 28.5 Å². The maximum atomic E-state index is 12.8. The number of rotatable bonds is 40. The summed E-state index contributed by atoms with van der Waals surface area (Å²) in [6, 6.07) is 0. The van der Waals surface area contributed by atoms with Gasteiger partial charge in [-0.3, -0.25) is 9.59 Å². The summed E-state index contributed by atoms with van der Waals surface area (Å²) >= 11 is 0. The number of aliphatic hydroxyl groups is 4. The number of allylic oxidation sites excluding steroid dienone is 2. The molecule has 0 aromatic carbocycles. The molecule has 4 N–H and O–H groups in total. The van der Waals surface area contributed by atoms with Crippen LogP contribution in [0.2, 0.25) is 0 Å². The fourth-order valence-corrected chi connectivity index (χ4v) is 7.36. The largest absolute Gasteiger partial charge is 0.462 e. The van der Waals surface area contributed by atoms with Crippen LogP contribution in [0.3, 0.4) is 0 Å². The first kappa shape index (κ1) is 53.5. The van der Waals surface area contributed by atoms with E-state index in [1.165, 1.54) is 122 Å². The number of carbonyl (C=O) groups is 2. The predicted octanol–water partition coefficient (Wildman–Crippen LogP) is 10.3. The molecule has 2 unspecified atom stereocenters. The minimum absolute atomic E-state index is 0.216. The Morgan fingerprint density at radius 3 is 1.40 bits per heavy atom. The molecule has 1 aliphatic heterocycles. The second-order valence-electron chi connectivity index (χ2n) is 16.6. The highest BCUT2D eigenvalue weighted by atomic mass is 16.7. The van der Waals surface area contributed by atoms with Crippen molar-refractivity contribution in [3.05, 3.63) is 12.2 Å². The molecule has 57 heavy (non-hydrogen) atoms. The Bertz CT molecular complexity index is 943. The van der Waals surface area contributed by atoms with Gasteiger partial charge in [-0.15, -0.1) is 0 Å². The fraction of sp³-hybridized carbons (Fsp3) is 0.915. The molecule has 0 aromatic rings. The van der Waals surface area contributed by atoms with Gasteiger partial charge in [0, 0.05) is 12.8 Å². The Labute approximate surface area is 348 Å². The molecule has 6 atom stereocenters. The molecule has 1 rings (SSSR count). The quantitative estimate of drug-likeness (QED) is 0.0267. The van der Waals surface area contributed by atoms with Crippen LogP contribution in [0, 0.1) is 0 Å². The van der Waals surface area contributed by atoms with Crippen LogP contribution in [0.15, 0.2) is 12.2 Å². The monoisotopic (exact) mass is 813 g/mol. The van der Waals surface area contributed by atoms with Crippen molar-refractivity contribution in [3.8, 4) is 0 Å². The second kappa shape index (κ2) is 38.6. The summed E-state index contributed by atoms with van der Waals surface area (Å²) < 4.78 is 22.2. The van der Waals surface area contributed by atoms with Crippen molar-refractivity contribution in [1.29, 1.82) is 0 Å². The molecular formula is C47H88O10. The molecule has 1 fully saturated rings. The van der Waals surface area contributed by atoms with Gasteiger partial charge in [-0.1, -0.05) is 180 Å². The zero-order chi connectivity index (χ0) is 41.6. The van der Waals surface area contributed by atoms with E-state index in [1.807, 2.05) is 0 Å². The zero-order valence-corrected chi connectivity index (χ0v) is 36.6. The highest BCUT2D eigenvalue weighted by molar-refractivity contribution is 5.70. The molecule has 1 heterocycles. The molecule has 1 saturated heterocycles. The van der Waals surface area contributed by atoms with E-state index in [-0.39, 0.29) is 32.0 Å². The maximum Gasteiger partial charge on any atom is 0.306 e. The SMILES string of the molecule is CCCCC/C=C/CCCCCCCC(=O)OC[C@H](CO[C@@H]1O[C@H](CO)[C@H](O)C(O)C1O)OC(=O)CCCCCCCCCCCCCCCCCCCCCC. The van der Waals surface area contributed by atoms with Gasteiger partial charge in [0.1, 0.15) is 31.0 Å². The van der Waals surface area contributed by atoms with E-state index in [4.69, 9.17) is 18.9 Å². The molecule has 0 amide bonds. The van der Waals surface area contributed by atoms with E-state index in [0.29, 0.717) is 6.42 Å². The van der Waals surface area contributed by atoms with Crippen molar-refractivity contribution >= 4 is 11.9 Å². The Morgan fingerprint density at radius 2 is 0.930 bits per heavy atom. The van der Waals surface area contributed by atoms with Crippen molar-refractivity contribution in [2.45, 2.75) is 256 Å². The van der Waals surface area contributed by atoms with Crippen molar-refractivity contribution in [1.82, 2.24) is 0 Å². The van der Waals surface area contributed by atoms with Gasteiger partial charge in [0.15, 0.2) is 12.4 Å². The Kier molecular flexibility index (Phi) is 36.2. The summed E-state index contributed by atoms with van der Waals surface area (Å²) in [6.07, 6.45) is 33.7. The van der Waals surface area contributed by atoms with Crippen LogP contribution in [-0.4, -0.2) is 89.0 Å². The Hall–Kier alpha value is -1.56. The van der Waals surface area contributed by atoms with Crippen LogP contribution in [0.4, 0.5) is 0 Å². The van der Waals surface area contributed by atoms with E-state index < -0.39 is 49.4 Å². The number of ether oxygens (including phenoxy) is 4. The van der Waals surface area contributed by atoms with Crippen molar-refractivity contribution in [3.63, 3.8) is 0 Å². The first-order valence-electron chi connectivity index (χ1n) is 23.8. The highest BCUT2D eigenvalue weighted by Crippen LogP contribution is 2.23. The zero-order valence-electron chi connectivity index (χ0n) is 36.6. The third kappa shape index (κ3) is 30.2. The van der Waals surface area contributed by atoms with Crippen LogP contribution in [0.5, 0.6) is 0 Å². The van der Waals surface area contributed by atoms with Gasteiger partial charge < -0.3 is 39.4 Å². The predicted molar refractivity (Wildman–Crippen MR) is 229 cm³/mol. The highest BCUT2D eigenvalue weighted by Gasteiger charge is 2.44. The molecule has 0 bridgehead atoms. The van der Waals surface area contributed by atoms with Gasteiger partial charge in [-0.25, -0.2) is 0 Å². The van der Waals surface area contributed by atoms with E-state index in [1.54, 1.807) is 0 Å². The minimum Gasteiger partial charge on any atom is -0.462 e. The van der Waals surface area contributed by atoms with Crippen molar-refractivity contribution in [2.75, 3.05) is 19.8 Å². The minimum atomic E-state index is -1.59. The fourth-order valence-electron chi connectivity index (χ4n) is 7.36. The first-order chi connectivity index (χ1) is 27.8. The maximum absolute atomic E-state index is 12.8. The van der Waals surface area contributed by atoms with Crippen LogP contribution in [0.1, 0.15) is 219 Å². The molecular weight excluding hydrogens is 725 g/mol. The molecule has 10 heteroatoms. The summed E-state index contributed by atoms with van der Waals surface area (Å²) in [5.41, 5.74) is 0. The molecule has 0 saturated carbocycles. The van der Waals surface area contributed by atoms with Crippen molar-refractivity contribution in [2.24, 2.45) is 0 Å². The third-order valence-corrected chi connectivity index (χ3v) is 11.2. The summed E-state index contributed by atoms with van der Waals surface area (Å²) in [4.78, 5) is 25.3. The lowest BCUT2D eigenvalue weighted by Crippen LogP contribution is -2.59. The lowest BCUT2D eigenvalue weighted by atomic mass is 9.99. The summed E-state index contributed by atoms with van der Waals surface area (Å²) in [5.74, 6) is -0.806. The van der Waals surface area contributed by atoms with E-state index >= 15 is 0 Å². The lowest BCUT2D eigenvalue weighted by molar-refractivity contribution is -0.305. The average molecular weight is 813 g/mol. The summed E-state index contributed by atoms with van der Waals surface area (Å²) in [5, 5.41) is 40.1. The Balaban J connectivity index is 2.27. The number of unbranched alkanes of at least 4 members (excludes halogenated alkanes) is 27. The van der Waals surface area contributed by atoms with Crippen LogP contribution < -0.4 is 0 Å². The van der Waals surface area contributed by atoms with E-state index in [0.717, 1.165) is 64.2 Å². The molecule has 0 aromatic heterocycles. The first-order valence-corrected chi connectivity index (χ1v) is 23.8. The number of hydrogen-bond donors (Lipinski definition) is 4. The smallest absolute Gasteiger partial charge is 0.306 e. The van der Waals surface area contributed by atoms with Crippen LogP contribution >= 0.6 is 0 Å². The molecule has 10 nitrogen and oxygen atoms in total. The van der Waals surface area contributed by atoms with E-state index in [2.05, 4.69) is 26.0 Å². The van der Waals surface area contributed by atoms with Gasteiger partial charge in [0.05, 0.1) is 13.2 Å². The van der Waals surface area contributed by atoms with Crippen LogP contribution in [0.25, 0.3) is 0 Å². The van der Waals surface area contributed by atoms with E-state index in [9.17, 15) is 30.0 Å². The normalized spacial score (nSPS) is 20.3. The topological polar surface area (TPSA) is 152 Å². The van der Waals surface area contributed by atoms with Gasteiger partial charge >= 0.3 is 11.9 Å². The van der Waals surface area contributed by atoms with Crippen molar-refractivity contribution < 1.29 is 49.0 Å². The number of aliphatic hydroxyl groups excluding tert-OH is 4. The third-order valence-electron chi connectivity index (χ3n) is 11.2. The molecule has 0 radical (unpaired) electrons. The molecule has 336 valence electrons. The molecule has 1 aliphatic rings. The van der Waals surface area contributed by atoms with Gasteiger partial charge in [-0.2, -0.15) is 0 Å². The van der Waals surface area contributed by atoms with Gasteiger partial charge in [0.25, 0.3) is 0 Å². The number of hydrogen-bond acceptors (Lipinski definition) is 10. The number of carbonyl (C=O) groups excluding carboxylic acids is 2. The van der Waals surface area contributed by atoms with Gasteiger partial charge in [0.2, 0.25) is 0 Å². The summed E-state index contributed by atoms with van der Waals surface area (Å²) in [7, 11) is 0. The summed E-state index contributed by atoms with van der Waals surface area (Å²) in [6.45, 7) is 3.42. The van der Waals surface area contributed by atoms with Gasteiger partial charge in [-0.05, 0) is 38.5 Å². The number of esters is 2. The standard InChI is InChI=1S/C47H88O10/c1-3-5-7-9-11-13-15-17-18-19-20-21-22-23-24-26-28-30-32-34-36-43(50)56-40(39-55-47-46(53)45(52)44(51)41(37-48)57-47)38-54-42(49)35-33-31-29-27-25-16-14-12-10-8-6-4-2/h12,14,40-41,44-48,51-53H,3-11,13,15-39H2,1-2H3/b14-12+/t40-,41-,44+,45?,46?,47-/m1/s1. The average Bonchev–Trinajstić information content (AvgIpc) is 3.21. The second-order valence-corrected chi connectivity index (χ2v) is 16.6. The Morgan fingerprint density at radius 1 is 0.526 bits per heavy atom. The molecule has 0 spiro atoms. The lowest BCUT2D eigenvalue weighted by Gasteiger charge is -2.39. The molecule has 0 aliphatic carbocycles.